The van der Waals surface area contributed by atoms with Gasteiger partial charge in [-0.25, -0.2) is 5.48 Å². The number of hydrogen-bond donors (Lipinski definition) is 2. The zero-order chi connectivity index (χ0) is 15.0. The van der Waals surface area contributed by atoms with Gasteiger partial charge in [0.1, 0.15) is 0 Å². The van der Waals surface area contributed by atoms with Crippen molar-refractivity contribution >= 4 is 12.0 Å². The molecule has 1 amide bonds. The smallest absolute Gasteiger partial charge is 0.270 e. The van der Waals surface area contributed by atoms with Gasteiger partial charge in [0.2, 0.25) is 0 Å². The van der Waals surface area contributed by atoms with E-state index >= 15 is 0 Å². The summed E-state index contributed by atoms with van der Waals surface area (Å²) in [5, 5.41) is 8.56. The maximum atomic E-state index is 11.2. The minimum Gasteiger partial charge on any atom is -0.493 e. The molecular formula is C15H21NO4. The molecule has 1 aromatic carbocycles. The van der Waals surface area contributed by atoms with Crippen LogP contribution in [0.1, 0.15) is 32.3 Å². The molecule has 110 valence electrons. The van der Waals surface area contributed by atoms with Gasteiger partial charge >= 0.3 is 0 Å². The summed E-state index contributed by atoms with van der Waals surface area (Å²) in [5.74, 6) is 0.765. The van der Waals surface area contributed by atoms with Crippen LogP contribution in [0, 0.1) is 0 Å². The highest BCUT2D eigenvalue weighted by Crippen LogP contribution is 2.29. The quantitative estimate of drug-likeness (QED) is 0.348. The normalized spacial score (nSPS) is 11.1. The maximum absolute atomic E-state index is 11.2. The Labute approximate surface area is 119 Å². The predicted molar refractivity (Wildman–Crippen MR) is 77.0 cm³/mol. The first-order valence-electron chi connectivity index (χ1n) is 6.56. The van der Waals surface area contributed by atoms with Gasteiger partial charge in [-0.2, -0.15) is 0 Å². The topological polar surface area (TPSA) is 67.8 Å². The SMILES string of the molecule is CCCCOc1ccc(C=C(C)C(=O)NO)cc1OC. The molecule has 0 aliphatic carbocycles. The summed E-state index contributed by atoms with van der Waals surface area (Å²) < 4.78 is 10.9. The lowest BCUT2D eigenvalue weighted by atomic mass is 10.1. The Balaban J connectivity index is 2.89. The van der Waals surface area contributed by atoms with Gasteiger partial charge in [0, 0.05) is 5.57 Å². The van der Waals surface area contributed by atoms with E-state index in [1.165, 1.54) is 0 Å². The van der Waals surface area contributed by atoms with E-state index in [-0.39, 0.29) is 0 Å². The number of methoxy groups -OCH3 is 1. The second kappa shape index (κ2) is 8.22. The average molecular weight is 279 g/mol. The van der Waals surface area contributed by atoms with Crippen molar-refractivity contribution in [2.75, 3.05) is 13.7 Å². The molecule has 0 fully saturated rings. The zero-order valence-electron chi connectivity index (χ0n) is 12.1. The minimum atomic E-state index is -0.535. The lowest BCUT2D eigenvalue weighted by molar-refractivity contribution is -0.125. The largest absolute Gasteiger partial charge is 0.493 e. The lowest BCUT2D eigenvalue weighted by Gasteiger charge is -2.11. The molecule has 5 heteroatoms. The third-order valence-corrected chi connectivity index (χ3v) is 2.79. The summed E-state index contributed by atoms with van der Waals surface area (Å²) in [6, 6.07) is 5.43. The van der Waals surface area contributed by atoms with Gasteiger partial charge in [-0.15, -0.1) is 0 Å². The van der Waals surface area contributed by atoms with Crippen LogP contribution in [0.25, 0.3) is 6.08 Å². The van der Waals surface area contributed by atoms with Gasteiger partial charge in [0.25, 0.3) is 5.91 Å². The Morgan fingerprint density at radius 3 is 2.75 bits per heavy atom. The molecule has 0 unspecified atom stereocenters. The Kier molecular flexibility index (Phi) is 6.59. The van der Waals surface area contributed by atoms with Crippen LogP contribution in [0.15, 0.2) is 23.8 Å². The number of benzene rings is 1. The first-order chi connectivity index (χ1) is 9.62. The number of hydrogen-bond acceptors (Lipinski definition) is 4. The fourth-order valence-corrected chi connectivity index (χ4v) is 1.62. The Morgan fingerprint density at radius 2 is 2.15 bits per heavy atom. The van der Waals surface area contributed by atoms with Crippen molar-refractivity contribution in [3.8, 4) is 11.5 Å². The maximum Gasteiger partial charge on any atom is 0.270 e. The molecule has 20 heavy (non-hydrogen) atoms. The number of ether oxygens (including phenoxy) is 2. The molecular weight excluding hydrogens is 258 g/mol. The summed E-state index contributed by atoms with van der Waals surface area (Å²) >= 11 is 0. The van der Waals surface area contributed by atoms with Gasteiger partial charge in [0.15, 0.2) is 11.5 Å². The number of hydroxylamine groups is 1. The van der Waals surface area contributed by atoms with Crippen LogP contribution in [-0.4, -0.2) is 24.8 Å². The standard InChI is InChI=1S/C15H21NO4/c1-4-5-8-20-13-7-6-12(10-14(13)19-3)9-11(2)15(17)16-18/h6-7,9-10,18H,4-5,8H2,1-3H3,(H,16,17). The van der Waals surface area contributed by atoms with Gasteiger partial charge in [-0.3, -0.25) is 10.0 Å². The van der Waals surface area contributed by atoms with E-state index in [4.69, 9.17) is 14.7 Å². The van der Waals surface area contributed by atoms with Gasteiger partial charge in [0.05, 0.1) is 13.7 Å². The van der Waals surface area contributed by atoms with Crippen molar-refractivity contribution in [3.05, 3.63) is 29.3 Å². The van der Waals surface area contributed by atoms with Crippen molar-refractivity contribution in [2.24, 2.45) is 0 Å². The molecule has 0 spiro atoms. The van der Waals surface area contributed by atoms with E-state index < -0.39 is 5.91 Å². The highest BCUT2D eigenvalue weighted by Gasteiger charge is 2.07. The molecule has 0 radical (unpaired) electrons. The third-order valence-electron chi connectivity index (χ3n) is 2.79. The van der Waals surface area contributed by atoms with Crippen LogP contribution in [-0.2, 0) is 4.79 Å². The van der Waals surface area contributed by atoms with E-state index in [2.05, 4.69) is 6.92 Å². The van der Waals surface area contributed by atoms with E-state index in [1.807, 2.05) is 12.1 Å². The Hall–Kier alpha value is -2.01. The molecule has 0 aliphatic rings. The fourth-order valence-electron chi connectivity index (χ4n) is 1.62. The van der Waals surface area contributed by atoms with Gasteiger partial charge < -0.3 is 9.47 Å². The zero-order valence-corrected chi connectivity index (χ0v) is 12.1. The molecule has 0 saturated carbocycles. The monoisotopic (exact) mass is 279 g/mol. The molecule has 5 nitrogen and oxygen atoms in total. The number of carbonyl (C=O) groups is 1. The summed E-state index contributed by atoms with van der Waals surface area (Å²) in [6.07, 6.45) is 3.71. The fraction of sp³-hybridized carbons (Fsp3) is 0.400. The number of amides is 1. The van der Waals surface area contributed by atoms with E-state index in [0.717, 1.165) is 18.4 Å². The van der Waals surface area contributed by atoms with Crippen molar-refractivity contribution in [2.45, 2.75) is 26.7 Å². The van der Waals surface area contributed by atoms with Crippen molar-refractivity contribution < 1.29 is 19.5 Å². The van der Waals surface area contributed by atoms with Gasteiger partial charge in [-0.1, -0.05) is 19.4 Å². The van der Waals surface area contributed by atoms with Crippen LogP contribution < -0.4 is 15.0 Å². The summed E-state index contributed by atoms with van der Waals surface area (Å²) in [4.78, 5) is 11.2. The first kappa shape index (κ1) is 16.0. The average Bonchev–Trinajstić information content (AvgIpc) is 2.47. The molecule has 0 heterocycles. The second-order valence-corrected chi connectivity index (χ2v) is 4.38. The molecule has 0 aromatic heterocycles. The van der Waals surface area contributed by atoms with E-state index in [0.29, 0.717) is 23.7 Å². The van der Waals surface area contributed by atoms with Crippen LogP contribution in [0.5, 0.6) is 11.5 Å². The first-order valence-corrected chi connectivity index (χ1v) is 6.56. The minimum absolute atomic E-state index is 0.397. The van der Waals surface area contributed by atoms with Gasteiger partial charge in [-0.05, 0) is 37.1 Å². The van der Waals surface area contributed by atoms with Crippen LogP contribution in [0.2, 0.25) is 0 Å². The summed E-state index contributed by atoms with van der Waals surface area (Å²) in [7, 11) is 1.57. The highest BCUT2D eigenvalue weighted by atomic mass is 16.5. The Morgan fingerprint density at radius 1 is 1.40 bits per heavy atom. The van der Waals surface area contributed by atoms with Crippen molar-refractivity contribution in [1.82, 2.24) is 5.48 Å². The molecule has 2 N–H and O–H groups in total. The lowest BCUT2D eigenvalue weighted by Crippen LogP contribution is -2.19. The van der Waals surface area contributed by atoms with E-state index in [1.54, 1.807) is 31.7 Å². The number of carbonyl (C=O) groups excluding carboxylic acids is 1. The molecule has 0 aliphatic heterocycles. The summed E-state index contributed by atoms with van der Waals surface area (Å²) in [6.45, 7) is 4.36. The number of rotatable bonds is 7. The molecule has 1 aromatic rings. The number of nitrogens with one attached hydrogen (secondary N) is 1. The summed E-state index contributed by atoms with van der Waals surface area (Å²) in [5.41, 5.74) is 2.79. The van der Waals surface area contributed by atoms with Crippen molar-refractivity contribution in [3.63, 3.8) is 0 Å². The van der Waals surface area contributed by atoms with Crippen LogP contribution in [0.3, 0.4) is 0 Å². The highest BCUT2D eigenvalue weighted by molar-refractivity contribution is 5.96. The molecule has 1 rings (SSSR count). The Bertz CT molecular complexity index is 483. The third kappa shape index (κ3) is 4.59. The molecule has 0 atom stereocenters. The second-order valence-electron chi connectivity index (χ2n) is 4.38. The van der Waals surface area contributed by atoms with Crippen LogP contribution in [0.4, 0.5) is 0 Å². The van der Waals surface area contributed by atoms with E-state index in [9.17, 15) is 4.79 Å². The van der Waals surface area contributed by atoms with Crippen molar-refractivity contribution in [1.29, 1.82) is 0 Å². The van der Waals surface area contributed by atoms with Crippen LogP contribution >= 0.6 is 0 Å². The molecule has 0 saturated heterocycles. The number of unbranched alkanes of at least 4 members (excludes halogenated alkanes) is 1. The molecule has 0 bridgehead atoms. The predicted octanol–water partition coefficient (Wildman–Crippen LogP) is 2.78.